The highest BCUT2D eigenvalue weighted by atomic mass is 17.2. The molecular formula is C11H20O3. The molecule has 1 rings (SSSR count). The molecule has 0 aromatic rings. The molecule has 1 saturated heterocycles. The van der Waals surface area contributed by atoms with Crippen molar-refractivity contribution >= 4 is 6.29 Å². The average Bonchev–Trinajstić information content (AvgIpc) is 2.19. The van der Waals surface area contributed by atoms with Gasteiger partial charge in [-0.3, -0.25) is 0 Å². The fraction of sp³-hybridized carbons (Fsp3) is 0.909. The lowest BCUT2D eigenvalue weighted by Gasteiger charge is -2.12. The first-order valence-electron chi connectivity index (χ1n) is 5.67. The van der Waals surface area contributed by atoms with E-state index in [-0.39, 0.29) is 6.10 Å². The van der Waals surface area contributed by atoms with E-state index in [9.17, 15) is 4.79 Å². The molecule has 82 valence electrons. The third-order valence-electron chi connectivity index (χ3n) is 2.56. The molecule has 14 heavy (non-hydrogen) atoms. The third-order valence-corrected chi connectivity index (χ3v) is 2.56. The summed E-state index contributed by atoms with van der Waals surface area (Å²) in [6.45, 7) is 0.615. The molecule has 0 aliphatic carbocycles. The van der Waals surface area contributed by atoms with Crippen LogP contribution in [0.25, 0.3) is 0 Å². The van der Waals surface area contributed by atoms with Crippen molar-refractivity contribution in [3.05, 3.63) is 0 Å². The SMILES string of the molecule is O=CC1CCCCCCCCCOO1. The monoisotopic (exact) mass is 200 g/mol. The normalized spacial score (nSPS) is 27.3. The second-order valence-corrected chi connectivity index (χ2v) is 3.86. The molecule has 0 N–H and O–H groups in total. The number of hydrogen-bond donors (Lipinski definition) is 0. The Morgan fingerprint density at radius 3 is 2.29 bits per heavy atom. The zero-order valence-electron chi connectivity index (χ0n) is 8.74. The maximum Gasteiger partial charge on any atom is 0.152 e. The van der Waals surface area contributed by atoms with Crippen molar-refractivity contribution in [3.8, 4) is 0 Å². The Kier molecular flexibility index (Phi) is 6.62. The van der Waals surface area contributed by atoms with E-state index in [1.54, 1.807) is 0 Å². The van der Waals surface area contributed by atoms with E-state index < -0.39 is 0 Å². The van der Waals surface area contributed by atoms with E-state index in [2.05, 4.69) is 0 Å². The lowest BCUT2D eigenvalue weighted by molar-refractivity contribution is -0.315. The highest BCUT2D eigenvalue weighted by molar-refractivity contribution is 5.55. The van der Waals surface area contributed by atoms with Crippen LogP contribution in [0.3, 0.4) is 0 Å². The lowest BCUT2D eigenvalue weighted by Crippen LogP contribution is -2.15. The third kappa shape index (κ3) is 5.35. The van der Waals surface area contributed by atoms with Crippen LogP contribution in [0.2, 0.25) is 0 Å². The molecule has 1 aliphatic rings. The second kappa shape index (κ2) is 7.94. The van der Waals surface area contributed by atoms with Gasteiger partial charge in [-0.05, 0) is 12.8 Å². The first-order chi connectivity index (χ1) is 6.93. The molecule has 0 radical (unpaired) electrons. The van der Waals surface area contributed by atoms with Gasteiger partial charge in [0.1, 0.15) is 6.10 Å². The molecule has 1 fully saturated rings. The number of rotatable bonds is 1. The molecule has 1 heterocycles. The molecule has 0 saturated carbocycles. The van der Waals surface area contributed by atoms with Crippen molar-refractivity contribution in [2.45, 2.75) is 57.5 Å². The fourth-order valence-corrected chi connectivity index (χ4v) is 1.66. The van der Waals surface area contributed by atoms with Gasteiger partial charge in [-0.25, -0.2) is 9.78 Å². The van der Waals surface area contributed by atoms with Gasteiger partial charge in [-0.1, -0.05) is 38.5 Å². The van der Waals surface area contributed by atoms with E-state index >= 15 is 0 Å². The standard InChI is InChI=1S/C11H20O3/c12-10-11-8-6-4-2-1-3-5-7-9-13-14-11/h10-11H,1-9H2. The van der Waals surface area contributed by atoms with Gasteiger partial charge in [-0.2, -0.15) is 0 Å². The predicted octanol–water partition coefficient (Wildman–Crippen LogP) is 2.64. The van der Waals surface area contributed by atoms with Crippen molar-refractivity contribution in [1.82, 2.24) is 0 Å². The Morgan fingerprint density at radius 2 is 1.57 bits per heavy atom. The van der Waals surface area contributed by atoms with Crippen molar-refractivity contribution in [3.63, 3.8) is 0 Å². The molecule has 0 bridgehead atoms. The molecule has 1 aliphatic heterocycles. The summed E-state index contributed by atoms with van der Waals surface area (Å²) in [5.41, 5.74) is 0. The van der Waals surface area contributed by atoms with Crippen LogP contribution in [0, 0.1) is 0 Å². The maximum absolute atomic E-state index is 10.6. The minimum Gasteiger partial charge on any atom is -0.300 e. The number of carbonyl (C=O) groups excluding carboxylic acids is 1. The summed E-state index contributed by atoms with van der Waals surface area (Å²) in [5, 5.41) is 0. The van der Waals surface area contributed by atoms with Crippen molar-refractivity contribution < 1.29 is 14.6 Å². The van der Waals surface area contributed by atoms with Crippen LogP contribution >= 0.6 is 0 Å². The van der Waals surface area contributed by atoms with Crippen LogP contribution in [0.1, 0.15) is 51.4 Å². The van der Waals surface area contributed by atoms with E-state index in [4.69, 9.17) is 9.78 Å². The van der Waals surface area contributed by atoms with Crippen LogP contribution in [-0.4, -0.2) is 19.0 Å². The van der Waals surface area contributed by atoms with Crippen molar-refractivity contribution in [1.29, 1.82) is 0 Å². The minimum absolute atomic E-state index is 0.352. The van der Waals surface area contributed by atoms with Gasteiger partial charge in [0.15, 0.2) is 6.29 Å². The molecule has 0 amide bonds. The van der Waals surface area contributed by atoms with Crippen molar-refractivity contribution in [2.24, 2.45) is 0 Å². The van der Waals surface area contributed by atoms with Gasteiger partial charge in [0.2, 0.25) is 0 Å². The summed E-state index contributed by atoms with van der Waals surface area (Å²) in [6.07, 6.45) is 9.67. The quantitative estimate of drug-likeness (QED) is 0.482. The Bertz CT molecular complexity index is 135. The largest absolute Gasteiger partial charge is 0.300 e. The van der Waals surface area contributed by atoms with Crippen LogP contribution in [0.4, 0.5) is 0 Å². The highest BCUT2D eigenvalue weighted by Gasteiger charge is 2.08. The van der Waals surface area contributed by atoms with E-state index in [0.29, 0.717) is 6.61 Å². The summed E-state index contributed by atoms with van der Waals surface area (Å²) >= 11 is 0. The fourth-order valence-electron chi connectivity index (χ4n) is 1.66. The van der Waals surface area contributed by atoms with Gasteiger partial charge in [0.05, 0.1) is 6.61 Å². The van der Waals surface area contributed by atoms with Gasteiger partial charge in [0, 0.05) is 0 Å². The van der Waals surface area contributed by atoms with Gasteiger partial charge < -0.3 is 4.79 Å². The van der Waals surface area contributed by atoms with Gasteiger partial charge in [-0.15, -0.1) is 0 Å². The van der Waals surface area contributed by atoms with Gasteiger partial charge >= 0.3 is 0 Å². The Morgan fingerprint density at radius 1 is 0.929 bits per heavy atom. The molecule has 0 spiro atoms. The summed E-state index contributed by atoms with van der Waals surface area (Å²) in [7, 11) is 0. The summed E-state index contributed by atoms with van der Waals surface area (Å²) in [4.78, 5) is 20.5. The van der Waals surface area contributed by atoms with Crippen LogP contribution in [-0.2, 0) is 14.6 Å². The van der Waals surface area contributed by atoms with E-state index in [0.717, 1.165) is 25.5 Å². The molecule has 1 atom stereocenters. The molecular weight excluding hydrogens is 180 g/mol. The molecule has 1 unspecified atom stereocenters. The van der Waals surface area contributed by atoms with E-state index in [1.807, 2.05) is 0 Å². The summed E-state index contributed by atoms with van der Waals surface area (Å²) in [6, 6.07) is 0. The number of hydrogen-bond acceptors (Lipinski definition) is 3. The zero-order valence-corrected chi connectivity index (χ0v) is 8.74. The summed E-state index contributed by atoms with van der Waals surface area (Å²) in [5.74, 6) is 0. The van der Waals surface area contributed by atoms with E-state index in [1.165, 1.54) is 32.1 Å². The number of carbonyl (C=O) groups is 1. The number of aldehydes is 1. The van der Waals surface area contributed by atoms with Crippen LogP contribution in [0.15, 0.2) is 0 Å². The maximum atomic E-state index is 10.6. The average molecular weight is 200 g/mol. The minimum atomic E-state index is -0.352. The Hall–Kier alpha value is -0.410. The zero-order chi connectivity index (χ0) is 10.1. The molecule has 0 aromatic carbocycles. The topological polar surface area (TPSA) is 35.5 Å². The smallest absolute Gasteiger partial charge is 0.152 e. The highest BCUT2D eigenvalue weighted by Crippen LogP contribution is 2.12. The Balaban J connectivity index is 2.20. The molecule has 3 nitrogen and oxygen atoms in total. The Labute approximate surface area is 85.7 Å². The second-order valence-electron chi connectivity index (χ2n) is 3.86. The predicted molar refractivity (Wildman–Crippen MR) is 53.8 cm³/mol. The van der Waals surface area contributed by atoms with Gasteiger partial charge in [0.25, 0.3) is 0 Å². The van der Waals surface area contributed by atoms with Crippen LogP contribution < -0.4 is 0 Å². The molecule has 3 heteroatoms. The first-order valence-corrected chi connectivity index (χ1v) is 5.67. The molecule has 0 aromatic heterocycles. The lowest BCUT2D eigenvalue weighted by atomic mass is 10.1. The van der Waals surface area contributed by atoms with Crippen molar-refractivity contribution in [2.75, 3.05) is 6.61 Å². The first kappa shape index (κ1) is 11.7. The van der Waals surface area contributed by atoms with Crippen LogP contribution in [0.5, 0.6) is 0 Å². The summed E-state index contributed by atoms with van der Waals surface area (Å²) < 4.78 is 0.